The van der Waals surface area contributed by atoms with E-state index in [1.807, 2.05) is 24.3 Å². The molecule has 2 aromatic rings. The third kappa shape index (κ3) is 2.61. The lowest BCUT2D eigenvalue weighted by Crippen LogP contribution is -2.36. The molecule has 0 amide bonds. The number of rotatable bonds is 5. The largest absolute Gasteiger partial charge is 0.497 e. The second-order valence-corrected chi connectivity index (χ2v) is 4.52. The highest BCUT2D eigenvalue weighted by Gasteiger charge is 2.29. The average molecular weight is 273 g/mol. The number of benzene rings is 2. The molecule has 0 radical (unpaired) electrons. The molecule has 0 heterocycles. The van der Waals surface area contributed by atoms with Gasteiger partial charge in [0, 0.05) is 6.54 Å². The van der Waals surface area contributed by atoms with Crippen molar-refractivity contribution in [2.45, 2.75) is 5.60 Å². The van der Waals surface area contributed by atoms with Gasteiger partial charge in [-0.15, -0.1) is 0 Å². The van der Waals surface area contributed by atoms with Crippen molar-refractivity contribution in [2.75, 3.05) is 20.8 Å². The third-order valence-electron chi connectivity index (χ3n) is 3.43. The van der Waals surface area contributed by atoms with E-state index in [4.69, 9.17) is 15.2 Å². The minimum atomic E-state index is -1.22. The van der Waals surface area contributed by atoms with Crippen LogP contribution in [-0.2, 0) is 5.60 Å². The zero-order valence-corrected chi connectivity index (χ0v) is 11.7. The number of nitrogens with two attached hydrogens (primary N) is 1. The van der Waals surface area contributed by atoms with Crippen LogP contribution in [0.5, 0.6) is 11.5 Å². The molecule has 0 aromatic heterocycles. The monoisotopic (exact) mass is 273 g/mol. The highest BCUT2D eigenvalue weighted by Crippen LogP contribution is 2.30. The van der Waals surface area contributed by atoms with Gasteiger partial charge in [0.1, 0.15) is 17.1 Å². The van der Waals surface area contributed by atoms with Gasteiger partial charge in [0.25, 0.3) is 0 Å². The van der Waals surface area contributed by atoms with Gasteiger partial charge in [-0.05, 0) is 35.4 Å². The Hall–Kier alpha value is -2.04. The predicted octanol–water partition coefficient (Wildman–Crippen LogP) is 1.90. The summed E-state index contributed by atoms with van der Waals surface area (Å²) in [5.41, 5.74) is 6.03. The van der Waals surface area contributed by atoms with Crippen LogP contribution in [0.25, 0.3) is 0 Å². The molecule has 0 aliphatic rings. The molecule has 0 aliphatic heterocycles. The maximum Gasteiger partial charge on any atom is 0.127 e. The van der Waals surface area contributed by atoms with Crippen LogP contribution in [0.2, 0.25) is 0 Å². The first kappa shape index (κ1) is 14.4. The molecule has 2 rings (SSSR count). The molecule has 0 saturated heterocycles. The molecule has 2 aromatic carbocycles. The fraction of sp³-hybridized carbons (Fsp3) is 0.250. The first-order chi connectivity index (χ1) is 9.63. The Bertz CT molecular complexity index is 501. The normalized spacial score (nSPS) is 11.2. The van der Waals surface area contributed by atoms with Crippen molar-refractivity contribution in [1.29, 1.82) is 0 Å². The minimum absolute atomic E-state index is 0.0889. The van der Waals surface area contributed by atoms with Crippen molar-refractivity contribution in [3.8, 4) is 11.5 Å². The fourth-order valence-corrected chi connectivity index (χ4v) is 2.14. The lowest BCUT2D eigenvalue weighted by Gasteiger charge is -2.28. The second kappa shape index (κ2) is 5.94. The Morgan fingerprint density at radius 3 is 1.45 bits per heavy atom. The van der Waals surface area contributed by atoms with E-state index in [-0.39, 0.29) is 6.54 Å². The van der Waals surface area contributed by atoms with Gasteiger partial charge >= 0.3 is 0 Å². The summed E-state index contributed by atoms with van der Waals surface area (Å²) < 4.78 is 10.2. The molecule has 20 heavy (non-hydrogen) atoms. The summed E-state index contributed by atoms with van der Waals surface area (Å²) in [5, 5.41) is 10.9. The Kier molecular flexibility index (Phi) is 4.27. The maximum absolute atomic E-state index is 10.9. The summed E-state index contributed by atoms with van der Waals surface area (Å²) >= 11 is 0. The first-order valence-electron chi connectivity index (χ1n) is 6.35. The summed E-state index contributed by atoms with van der Waals surface area (Å²) in [4.78, 5) is 0. The van der Waals surface area contributed by atoms with E-state index in [0.29, 0.717) is 0 Å². The standard InChI is InChI=1S/C16H19NO3/c1-19-14-7-3-12(4-8-14)16(18,11-17)13-5-9-15(20-2)10-6-13/h3-10,18H,11,17H2,1-2H3. The van der Waals surface area contributed by atoms with Crippen molar-refractivity contribution in [2.24, 2.45) is 5.73 Å². The van der Waals surface area contributed by atoms with E-state index in [1.165, 1.54) is 0 Å². The van der Waals surface area contributed by atoms with E-state index in [0.717, 1.165) is 22.6 Å². The lowest BCUT2D eigenvalue weighted by atomic mass is 9.86. The molecule has 0 fully saturated rings. The molecule has 4 heteroatoms. The highest BCUT2D eigenvalue weighted by atomic mass is 16.5. The summed E-state index contributed by atoms with van der Waals surface area (Å²) in [5.74, 6) is 1.48. The van der Waals surface area contributed by atoms with Crippen LogP contribution in [0, 0.1) is 0 Å². The molecular weight excluding hydrogens is 254 g/mol. The molecule has 106 valence electrons. The van der Waals surface area contributed by atoms with Crippen LogP contribution in [0.4, 0.5) is 0 Å². The topological polar surface area (TPSA) is 64.7 Å². The highest BCUT2D eigenvalue weighted by molar-refractivity contribution is 5.41. The molecule has 0 aliphatic carbocycles. The van der Waals surface area contributed by atoms with Crippen molar-refractivity contribution < 1.29 is 14.6 Å². The number of hydrogen-bond acceptors (Lipinski definition) is 4. The van der Waals surface area contributed by atoms with E-state index in [2.05, 4.69) is 0 Å². The Morgan fingerprint density at radius 2 is 1.20 bits per heavy atom. The molecule has 0 atom stereocenters. The molecule has 0 spiro atoms. The van der Waals surface area contributed by atoms with Crippen LogP contribution < -0.4 is 15.2 Å². The van der Waals surface area contributed by atoms with Gasteiger partial charge in [-0.3, -0.25) is 0 Å². The average Bonchev–Trinajstić information content (AvgIpc) is 2.54. The van der Waals surface area contributed by atoms with Gasteiger partial charge in [-0.25, -0.2) is 0 Å². The number of hydrogen-bond donors (Lipinski definition) is 2. The lowest BCUT2D eigenvalue weighted by molar-refractivity contribution is 0.0901. The molecule has 0 saturated carbocycles. The Morgan fingerprint density at radius 1 is 0.850 bits per heavy atom. The van der Waals surface area contributed by atoms with Crippen LogP contribution in [0.1, 0.15) is 11.1 Å². The Balaban J connectivity index is 2.39. The van der Waals surface area contributed by atoms with E-state index >= 15 is 0 Å². The minimum Gasteiger partial charge on any atom is -0.497 e. The van der Waals surface area contributed by atoms with E-state index in [9.17, 15) is 5.11 Å². The van der Waals surface area contributed by atoms with Gasteiger partial charge in [-0.1, -0.05) is 24.3 Å². The number of methoxy groups -OCH3 is 2. The quantitative estimate of drug-likeness (QED) is 0.873. The van der Waals surface area contributed by atoms with Crippen molar-refractivity contribution >= 4 is 0 Å². The van der Waals surface area contributed by atoms with Gasteiger partial charge in [0.2, 0.25) is 0 Å². The van der Waals surface area contributed by atoms with Gasteiger partial charge < -0.3 is 20.3 Å². The summed E-state index contributed by atoms with van der Waals surface area (Å²) in [6.07, 6.45) is 0. The van der Waals surface area contributed by atoms with Crippen LogP contribution in [0.15, 0.2) is 48.5 Å². The van der Waals surface area contributed by atoms with Crippen LogP contribution >= 0.6 is 0 Å². The first-order valence-corrected chi connectivity index (χ1v) is 6.35. The number of ether oxygens (including phenoxy) is 2. The van der Waals surface area contributed by atoms with E-state index in [1.54, 1.807) is 38.5 Å². The fourth-order valence-electron chi connectivity index (χ4n) is 2.14. The summed E-state index contributed by atoms with van der Waals surface area (Å²) in [6.45, 7) is 0.0889. The third-order valence-corrected chi connectivity index (χ3v) is 3.43. The van der Waals surface area contributed by atoms with Gasteiger partial charge in [0.15, 0.2) is 0 Å². The molecule has 0 bridgehead atoms. The Labute approximate surface area is 118 Å². The summed E-state index contributed by atoms with van der Waals surface area (Å²) in [6, 6.07) is 14.5. The maximum atomic E-state index is 10.9. The van der Waals surface area contributed by atoms with Gasteiger partial charge in [0.05, 0.1) is 14.2 Å². The summed E-state index contributed by atoms with van der Waals surface area (Å²) in [7, 11) is 3.21. The zero-order valence-electron chi connectivity index (χ0n) is 11.7. The van der Waals surface area contributed by atoms with E-state index < -0.39 is 5.60 Å². The van der Waals surface area contributed by atoms with Crippen LogP contribution in [0.3, 0.4) is 0 Å². The second-order valence-electron chi connectivity index (χ2n) is 4.52. The smallest absolute Gasteiger partial charge is 0.127 e. The molecule has 4 nitrogen and oxygen atoms in total. The van der Waals surface area contributed by atoms with Crippen molar-refractivity contribution in [3.63, 3.8) is 0 Å². The molecule has 0 unspecified atom stereocenters. The molecule has 3 N–H and O–H groups in total. The molecular formula is C16H19NO3. The predicted molar refractivity (Wildman–Crippen MR) is 78.0 cm³/mol. The van der Waals surface area contributed by atoms with Gasteiger partial charge in [-0.2, -0.15) is 0 Å². The van der Waals surface area contributed by atoms with Crippen molar-refractivity contribution in [3.05, 3.63) is 59.7 Å². The number of aliphatic hydroxyl groups is 1. The SMILES string of the molecule is COc1ccc(C(O)(CN)c2ccc(OC)cc2)cc1. The zero-order chi connectivity index (χ0) is 14.6. The van der Waals surface area contributed by atoms with Crippen LogP contribution in [-0.4, -0.2) is 25.9 Å². The van der Waals surface area contributed by atoms with Crippen molar-refractivity contribution in [1.82, 2.24) is 0 Å².